The lowest BCUT2D eigenvalue weighted by atomic mass is 9.82. The Balaban J connectivity index is 1.12. The van der Waals surface area contributed by atoms with Crippen LogP contribution in [0.3, 0.4) is 0 Å². The van der Waals surface area contributed by atoms with Crippen LogP contribution in [0.25, 0.3) is 81.5 Å². The maximum Gasteiger partial charge on any atom is 0.0780 e. The van der Waals surface area contributed by atoms with E-state index in [-0.39, 0.29) is 5.41 Å². The van der Waals surface area contributed by atoms with Crippen LogP contribution in [0.5, 0.6) is 0 Å². The molecule has 0 aliphatic heterocycles. The molecule has 0 spiro atoms. The first-order valence-electron chi connectivity index (χ1n) is 16.9. The number of rotatable bonds is 4. The van der Waals surface area contributed by atoms with Crippen LogP contribution in [0.2, 0.25) is 0 Å². The van der Waals surface area contributed by atoms with Crippen LogP contribution in [0, 0.1) is 0 Å². The maximum atomic E-state index is 4.79. The maximum absolute atomic E-state index is 4.79. The predicted octanol–water partition coefficient (Wildman–Crippen LogP) is 12.7. The van der Waals surface area contributed by atoms with Gasteiger partial charge in [0.15, 0.2) is 0 Å². The lowest BCUT2D eigenvalue weighted by Gasteiger charge is -2.21. The van der Waals surface area contributed by atoms with Gasteiger partial charge < -0.3 is 4.57 Å². The third-order valence-corrected chi connectivity index (χ3v) is 11.7. The molecule has 0 N–H and O–H groups in total. The average Bonchev–Trinajstić information content (AvgIpc) is 3.83. The van der Waals surface area contributed by atoms with E-state index >= 15 is 0 Å². The fourth-order valence-corrected chi connectivity index (χ4v) is 9.04. The quantitative estimate of drug-likeness (QED) is 0.186. The molecule has 0 atom stereocenters. The van der Waals surface area contributed by atoms with Gasteiger partial charge in [-0.1, -0.05) is 105 Å². The Labute approximate surface area is 289 Å². The fourth-order valence-electron chi connectivity index (χ4n) is 8.04. The average molecular weight is 645 g/mol. The van der Waals surface area contributed by atoms with Gasteiger partial charge in [0.1, 0.15) is 0 Å². The molecule has 232 valence electrons. The number of pyridine rings is 1. The number of para-hydroxylation sites is 1. The van der Waals surface area contributed by atoms with Crippen molar-refractivity contribution in [3.8, 4) is 49.0 Å². The summed E-state index contributed by atoms with van der Waals surface area (Å²) < 4.78 is 2.44. The van der Waals surface area contributed by atoms with Crippen molar-refractivity contribution in [2.45, 2.75) is 19.3 Å². The number of fused-ring (bicyclic) bond motifs is 7. The number of aromatic nitrogens is 2. The summed E-state index contributed by atoms with van der Waals surface area (Å²) in [5.74, 6) is 0. The monoisotopic (exact) mass is 644 g/mol. The summed E-state index contributed by atoms with van der Waals surface area (Å²) in [5, 5.41) is 4.95. The summed E-state index contributed by atoms with van der Waals surface area (Å²) in [7, 11) is 0. The van der Waals surface area contributed by atoms with Gasteiger partial charge in [-0.15, -0.1) is 11.3 Å². The number of hydrogen-bond donors (Lipinski definition) is 0. The van der Waals surface area contributed by atoms with Crippen LogP contribution in [0.1, 0.15) is 25.0 Å². The Morgan fingerprint density at radius 2 is 1.24 bits per heavy atom. The van der Waals surface area contributed by atoms with Gasteiger partial charge in [0.05, 0.1) is 16.7 Å². The fraction of sp³-hybridized carbons (Fsp3) is 0.0652. The smallest absolute Gasteiger partial charge is 0.0780 e. The van der Waals surface area contributed by atoms with E-state index in [0.29, 0.717) is 0 Å². The normalized spacial score (nSPS) is 13.3. The van der Waals surface area contributed by atoms with Crippen LogP contribution in [-0.4, -0.2) is 9.55 Å². The van der Waals surface area contributed by atoms with E-state index in [1.165, 1.54) is 81.4 Å². The van der Waals surface area contributed by atoms with E-state index in [0.717, 1.165) is 11.3 Å². The van der Waals surface area contributed by atoms with Crippen molar-refractivity contribution < 1.29 is 0 Å². The molecule has 10 rings (SSSR count). The number of thiophene rings is 1. The first-order chi connectivity index (χ1) is 24.0. The summed E-state index contributed by atoms with van der Waals surface area (Å²) in [6.07, 6.45) is 1.91. The van der Waals surface area contributed by atoms with E-state index in [1.54, 1.807) is 0 Å². The van der Waals surface area contributed by atoms with Gasteiger partial charge in [0, 0.05) is 48.8 Å². The molecule has 49 heavy (non-hydrogen) atoms. The van der Waals surface area contributed by atoms with Crippen molar-refractivity contribution in [1.29, 1.82) is 0 Å². The van der Waals surface area contributed by atoms with Gasteiger partial charge in [-0.2, -0.15) is 0 Å². The minimum absolute atomic E-state index is 0.0579. The SMILES string of the molecule is CC1(C)c2ccccc2-c2cc3c4cc(-c5ccc(-c6cccc(-c7nccc8ccccc78)c6)s5)ccc4n(-c4ccccc4)c3cc21. The van der Waals surface area contributed by atoms with Gasteiger partial charge >= 0.3 is 0 Å². The molecule has 0 saturated heterocycles. The van der Waals surface area contributed by atoms with Crippen molar-refractivity contribution >= 4 is 43.9 Å². The van der Waals surface area contributed by atoms with Gasteiger partial charge in [-0.25, -0.2) is 0 Å². The topological polar surface area (TPSA) is 17.8 Å². The zero-order valence-electron chi connectivity index (χ0n) is 27.3. The van der Waals surface area contributed by atoms with Crippen molar-refractivity contribution in [3.05, 3.63) is 169 Å². The van der Waals surface area contributed by atoms with Crippen molar-refractivity contribution in [1.82, 2.24) is 9.55 Å². The minimum Gasteiger partial charge on any atom is -0.309 e. The second-order valence-corrected chi connectivity index (χ2v) is 14.7. The molecule has 3 heterocycles. The molecule has 1 aliphatic carbocycles. The first-order valence-corrected chi connectivity index (χ1v) is 17.7. The Bertz CT molecular complexity index is 2740. The van der Waals surface area contributed by atoms with Crippen molar-refractivity contribution in [2.75, 3.05) is 0 Å². The van der Waals surface area contributed by atoms with Crippen LogP contribution >= 0.6 is 11.3 Å². The molecule has 3 heteroatoms. The van der Waals surface area contributed by atoms with Gasteiger partial charge in [-0.05, 0) is 99.4 Å². The minimum atomic E-state index is -0.0579. The number of hydrogen-bond acceptors (Lipinski definition) is 2. The van der Waals surface area contributed by atoms with Crippen LogP contribution in [0.4, 0.5) is 0 Å². The van der Waals surface area contributed by atoms with Crippen LogP contribution in [0.15, 0.2) is 158 Å². The third-order valence-electron chi connectivity index (χ3n) is 10.5. The first kappa shape index (κ1) is 28.3. The van der Waals surface area contributed by atoms with E-state index in [4.69, 9.17) is 4.98 Å². The number of nitrogens with zero attached hydrogens (tertiary/aromatic N) is 2. The summed E-state index contributed by atoms with van der Waals surface area (Å²) in [4.78, 5) is 7.30. The summed E-state index contributed by atoms with van der Waals surface area (Å²) in [5.41, 5.74) is 13.7. The Morgan fingerprint density at radius 3 is 2.12 bits per heavy atom. The molecule has 2 nitrogen and oxygen atoms in total. The zero-order valence-corrected chi connectivity index (χ0v) is 28.1. The summed E-state index contributed by atoms with van der Waals surface area (Å²) in [6.45, 7) is 4.72. The predicted molar refractivity (Wildman–Crippen MR) is 208 cm³/mol. The molecule has 9 aromatic rings. The number of benzene rings is 6. The molecule has 6 aromatic carbocycles. The molecule has 0 fully saturated rings. The molecule has 0 radical (unpaired) electrons. The van der Waals surface area contributed by atoms with E-state index in [1.807, 2.05) is 17.5 Å². The molecule has 0 bridgehead atoms. The Morgan fingerprint density at radius 1 is 0.510 bits per heavy atom. The van der Waals surface area contributed by atoms with Crippen LogP contribution in [-0.2, 0) is 5.41 Å². The second kappa shape index (κ2) is 10.6. The highest BCUT2D eigenvalue weighted by Crippen LogP contribution is 2.51. The van der Waals surface area contributed by atoms with E-state index in [2.05, 4.69) is 170 Å². The molecule has 1 aliphatic rings. The molecular weight excluding hydrogens is 613 g/mol. The second-order valence-electron chi connectivity index (χ2n) is 13.6. The zero-order chi connectivity index (χ0) is 32.7. The van der Waals surface area contributed by atoms with Crippen LogP contribution < -0.4 is 0 Å². The highest BCUT2D eigenvalue weighted by Gasteiger charge is 2.36. The standard InChI is InChI=1S/C46H32N2S/c1-46(2)39-18-9-8-17-35(39)36-27-38-37-26-31(19-20-41(37)48(42(38)28-40(36)46)33-14-4-3-5-15-33)44-22-21-43(49-44)30-12-10-13-32(25-30)45-34-16-7-6-11-29(34)23-24-47-45/h3-28H,1-2H3. The van der Waals surface area contributed by atoms with E-state index in [9.17, 15) is 0 Å². The lowest BCUT2D eigenvalue weighted by molar-refractivity contribution is 0.661. The Hall–Kier alpha value is -5.77. The van der Waals surface area contributed by atoms with E-state index < -0.39 is 0 Å². The summed E-state index contributed by atoms with van der Waals surface area (Å²) >= 11 is 1.85. The molecule has 0 unspecified atom stereocenters. The van der Waals surface area contributed by atoms with Gasteiger partial charge in [0.25, 0.3) is 0 Å². The van der Waals surface area contributed by atoms with Gasteiger partial charge in [-0.3, -0.25) is 4.98 Å². The largest absolute Gasteiger partial charge is 0.309 e. The highest BCUT2D eigenvalue weighted by molar-refractivity contribution is 7.18. The molecule has 3 aromatic heterocycles. The molecule has 0 saturated carbocycles. The van der Waals surface area contributed by atoms with Gasteiger partial charge in [0.2, 0.25) is 0 Å². The molecule has 0 amide bonds. The van der Waals surface area contributed by atoms with Crippen molar-refractivity contribution in [3.63, 3.8) is 0 Å². The Kier molecular flexibility index (Phi) is 6.12. The lowest BCUT2D eigenvalue weighted by Crippen LogP contribution is -2.14. The highest BCUT2D eigenvalue weighted by atomic mass is 32.1. The summed E-state index contributed by atoms with van der Waals surface area (Å²) in [6, 6.07) is 55.5. The third kappa shape index (κ3) is 4.29. The molecular formula is C46H32N2S. The van der Waals surface area contributed by atoms with Crippen molar-refractivity contribution in [2.24, 2.45) is 0 Å².